The Morgan fingerprint density at radius 2 is 1.15 bits per heavy atom. The normalized spacial score (nSPS) is 16.7. The van der Waals surface area contributed by atoms with Crippen molar-refractivity contribution in [1.82, 2.24) is 5.32 Å². The third-order valence-corrected chi connectivity index (χ3v) is 5.30. The monoisotopic (exact) mass is 355 g/mol. The molecular weight excluding hydrogens is 334 g/mol. The molecule has 1 heterocycles. The highest BCUT2D eigenvalue weighted by Crippen LogP contribution is 2.41. The number of benzene rings is 3. The predicted molar refractivity (Wildman–Crippen MR) is 105 cm³/mol. The lowest BCUT2D eigenvalue weighted by molar-refractivity contribution is -0.126. The van der Waals surface area contributed by atoms with Crippen LogP contribution in [0.5, 0.6) is 0 Å². The molecule has 3 aromatic carbocycles. The van der Waals surface area contributed by atoms with E-state index in [2.05, 4.69) is 5.32 Å². The third-order valence-electron chi connectivity index (χ3n) is 5.30. The maximum absolute atomic E-state index is 14.0. The fourth-order valence-corrected chi connectivity index (χ4v) is 4.06. The zero-order valence-corrected chi connectivity index (χ0v) is 15.0. The van der Waals surface area contributed by atoms with Crippen molar-refractivity contribution >= 4 is 11.7 Å². The average molecular weight is 355 g/mol. The van der Waals surface area contributed by atoms with Gasteiger partial charge in [0.25, 0.3) is 0 Å². The molecule has 1 N–H and O–H groups in total. The Morgan fingerprint density at radius 3 is 1.48 bits per heavy atom. The van der Waals surface area contributed by atoms with Gasteiger partial charge in [0.15, 0.2) is 5.78 Å². The van der Waals surface area contributed by atoms with Gasteiger partial charge in [-0.2, -0.15) is 0 Å². The molecule has 3 nitrogen and oxygen atoms in total. The van der Waals surface area contributed by atoms with Crippen molar-refractivity contribution in [2.24, 2.45) is 0 Å². The molecule has 1 aliphatic rings. The third kappa shape index (κ3) is 2.95. The molecule has 1 fully saturated rings. The van der Waals surface area contributed by atoms with Crippen molar-refractivity contribution in [3.05, 3.63) is 108 Å². The van der Waals surface area contributed by atoms with Crippen molar-refractivity contribution in [2.45, 2.75) is 24.3 Å². The molecule has 3 heteroatoms. The second kappa shape index (κ2) is 7.20. The smallest absolute Gasteiger partial charge is 0.220 e. The standard InChI is InChI=1S/C24H21NO2/c26-22-17-16-21(25-22)23(27)24(18-10-4-1-5-11-18,19-12-6-2-7-13-19)20-14-8-3-9-15-20/h1-15,21H,16-17H2,(H,25,26)/t21-/m0/s1. The summed E-state index contributed by atoms with van der Waals surface area (Å²) < 4.78 is 0. The van der Waals surface area contributed by atoms with Gasteiger partial charge in [-0.25, -0.2) is 0 Å². The SMILES string of the molecule is O=C1CC[C@@H](C(=O)C(c2ccccc2)(c2ccccc2)c2ccccc2)N1. The van der Waals surface area contributed by atoms with Crippen LogP contribution in [0.3, 0.4) is 0 Å². The van der Waals surface area contributed by atoms with E-state index in [1.165, 1.54) is 0 Å². The second-order valence-corrected chi connectivity index (χ2v) is 6.87. The van der Waals surface area contributed by atoms with Crippen LogP contribution in [0.4, 0.5) is 0 Å². The number of nitrogens with one attached hydrogen (secondary N) is 1. The molecule has 0 spiro atoms. The van der Waals surface area contributed by atoms with Gasteiger partial charge in [0, 0.05) is 6.42 Å². The maximum atomic E-state index is 14.0. The van der Waals surface area contributed by atoms with E-state index in [4.69, 9.17) is 0 Å². The molecule has 4 rings (SSSR count). The van der Waals surface area contributed by atoms with Gasteiger partial charge in [-0.1, -0.05) is 91.0 Å². The van der Waals surface area contributed by atoms with Crippen molar-refractivity contribution in [3.8, 4) is 0 Å². The van der Waals surface area contributed by atoms with E-state index in [9.17, 15) is 9.59 Å². The van der Waals surface area contributed by atoms with Gasteiger partial charge in [0.1, 0.15) is 5.41 Å². The van der Waals surface area contributed by atoms with Crippen LogP contribution in [0.2, 0.25) is 0 Å². The molecular formula is C24H21NO2. The Morgan fingerprint density at radius 1 is 0.741 bits per heavy atom. The molecule has 1 aliphatic heterocycles. The fourth-order valence-electron chi connectivity index (χ4n) is 4.06. The summed E-state index contributed by atoms with van der Waals surface area (Å²) in [5.74, 6) is -0.0478. The van der Waals surface area contributed by atoms with Crippen LogP contribution in [0, 0.1) is 0 Å². The molecule has 1 atom stereocenters. The summed E-state index contributed by atoms with van der Waals surface area (Å²) in [6.07, 6.45) is 0.927. The highest BCUT2D eigenvalue weighted by molar-refractivity contribution is 6.04. The van der Waals surface area contributed by atoms with Gasteiger partial charge in [0.05, 0.1) is 6.04 Å². The first-order valence-corrected chi connectivity index (χ1v) is 9.23. The maximum Gasteiger partial charge on any atom is 0.220 e. The molecule has 1 saturated heterocycles. The molecule has 0 aliphatic carbocycles. The highest BCUT2D eigenvalue weighted by Gasteiger charge is 2.47. The number of ketones is 1. The van der Waals surface area contributed by atoms with Gasteiger partial charge < -0.3 is 5.32 Å². The number of carbonyl (C=O) groups is 2. The fraction of sp³-hybridized carbons (Fsp3) is 0.167. The Kier molecular flexibility index (Phi) is 4.59. The minimum Gasteiger partial charge on any atom is -0.346 e. The van der Waals surface area contributed by atoms with E-state index in [1.807, 2.05) is 91.0 Å². The second-order valence-electron chi connectivity index (χ2n) is 6.87. The van der Waals surface area contributed by atoms with Crippen molar-refractivity contribution in [2.75, 3.05) is 0 Å². The first kappa shape index (κ1) is 17.2. The van der Waals surface area contributed by atoms with Crippen molar-refractivity contribution < 1.29 is 9.59 Å². The lowest BCUT2D eigenvalue weighted by Gasteiger charge is -2.36. The van der Waals surface area contributed by atoms with Gasteiger partial charge in [-0.3, -0.25) is 9.59 Å². The van der Waals surface area contributed by atoms with E-state index < -0.39 is 11.5 Å². The molecule has 27 heavy (non-hydrogen) atoms. The van der Waals surface area contributed by atoms with Gasteiger partial charge in [-0.15, -0.1) is 0 Å². The molecule has 0 radical (unpaired) electrons. The molecule has 1 amide bonds. The molecule has 0 unspecified atom stereocenters. The Bertz CT molecular complexity index is 839. The van der Waals surface area contributed by atoms with E-state index in [-0.39, 0.29) is 11.7 Å². The lowest BCUT2D eigenvalue weighted by Crippen LogP contribution is -2.48. The summed E-state index contributed by atoms with van der Waals surface area (Å²) in [6, 6.07) is 29.1. The number of hydrogen-bond acceptors (Lipinski definition) is 2. The molecule has 0 aromatic heterocycles. The number of amides is 1. The van der Waals surface area contributed by atoms with Crippen LogP contribution >= 0.6 is 0 Å². The lowest BCUT2D eigenvalue weighted by atomic mass is 9.65. The first-order valence-electron chi connectivity index (χ1n) is 9.23. The van der Waals surface area contributed by atoms with Crippen LogP contribution in [0.15, 0.2) is 91.0 Å². The Balaban J connectivity index is 2.00. The average Bonchev–Trinajstić information content (AvgIpc) is 3.17. The van der Waals surface area contributed by atoms with Crippen LogP contribution in [0.25, 0.3) is 0 Å². The zero-order valence-electron chi connectivity index (χ0n) is 15.0. The summed E-state index contributed by atoms with van der Waals surface area (Å²) in [6.45, 7) is 0. The van der Waals surface area contributed by atoms with Gasteiger partial charge >= 0.3 is 0 Å². The summed E-state index contributed by atoms with van der Waals surface area (Å²) in [5.41, 5.74) is 1.77. The minimum absolute atomic E-state index is 0.0111. The van der Waals surface area contributed by atoms with Crippen molar-refractivity contribution in [1.29, 1.82) is 0 Å². The van der Waals surface area contributed by atoms with Crippen LogP contribution in [-0.2, 0) is 15.0 Å². The van der Waals surface area contributed by atoms with Crippen molar-refractivity contribution in [3.63, 3.8) is 0 Å². The summed E-state index contributed by atoms with van der Waals surface area (Å²) in [5, 5.41) is 2.88. The van der Waals surface area contributed by atoms with E-state index in [0.29, 0.717) is 12.8 Å². The van der Waals surface area contributed by atoms with E-state index in [0.717, 1.165) is 16.7 Å². The summed E-state index contributed by atoms with van der Waals surface area (Å²) in [7, 11) is 0. The number of Topliss-reactive ketones (excluding diaryl/α,β-unsaturated/α-hetero) is 1. The number of hydrogen-bond donors (Lipinski definition) is 1. The van der Waals surface area contributed by atoms with E-state index >= 15 is 0 Å². The first-order chi connectivity index (χ1) is 13.2. The Hall–Kier alpha value is -3.20. The van der Waals surface area contributed by atoms with Crippen LogP contribution < -0.4 is 5.32 Å². The molecule has 0 saturated carbocycles. The number of rotatable bonds is 5. The molecule has 0 bridgehead atoms. The van der Waals surface area contributed by atoms with Gasteiger partial charge in [0.2, 0.25) is 5.91 Å². The van der Waals surface area contributed by atoms with Crippen LogP contribution in [0.1, 0.15) is 29.5 Å². The minimum atomic E-state index is -0.966. The predicted octanol–water partition coefficient (Wildman–Crippen LogP) is 3.87. The summed E-state index contributed by atoms with van der Waals surface area (Å²) >= 11 is 0. The largest absolute Gasteiger partial charge is 0.346 e. The molecule has 134 valence electrons. The topological polar surface area (TPSA) is 46.2 Å². The van der Waals surface area contributed by atoms with E-state index in [1.54, 1.807) is 0 Å². The Labute approximate surface area is 159 Å². The zero-order chi connectivity index (χ0) is 18.7. The van der Waals surface area contributed by atoms with Gasteiger partial charge in [-0.05, 0) is 23.1 Å². The number of carbonyl (C=O) groups excluding carboxylic acids is 2. The highest BCUT2D eigenvalue weighted by atomic mass is 16.2. The quantitative estimate of drug-likeness (QED) is 0.706. The summed E-state index contributed by atoms with van der Waals surface area (Å²) in [4.78, 5) is 25.8. The molecule has 3 aromatic rings. The van der Waals surface area contributed by atoms with Crippen LogP contribution in [-0.4, -0.2) is 17.7 Å².